The molecule has 0 spiro atoms. The Morgan fingerprint density at radius 2 is 1.78 bits per heavy atom. The van der Waals surface area contributed by atoms with Crippen molar-refractivity contribution in [3.8, 4) is 5.75 Å². The first-order valence-corrected chi connectivity index (χ1v) is 14.0. The van der Waals surface area contributed by atoms with Crippen LogP contribution >= 0.6 is 0 Å². The molecule has 37 heavy (non-hydrogen) atoms. The molecule has 2 aromatic rings. The minimum absolute atomic E-state index is 0.0358. The number of urea groups is 1. The van der Waals surface area contributed by atoms with Crippen molar-refractivity contribution < 1.29 is 9.53 Å². The van der Waals surface area contributed by atoms with Gasteiger partial charge in [0, 0.05) is 62.8 Å². The zero-order chi connectivity index (χ0) is 25.5. The fourth-order valence-electron chi connectivity index (χ4n) is 5.87. The molecule has 4 heterocycles. The van der Waals surface area contributed by atoms with E-state index in [9.17, 15) is 4.79 Å². The number of hydrogen-bond acceptors (Lipinski definition) is 7. The summed E-state index contributed by atoms with van der Waals surface area (Å²) in [7, 11) is 1.63. The van der Waals surface area contributed by atoms with Crippen molar-refractivity contribution in [3.63, 3.8) is 0 Å². The first kappa shape index (κ1) is 25.6. The van der Waals surface area contributed by atoms with Gasteiger partial charge in [-0.05, 0) is 63.3 Å². The highest BCUT2D eigenvalue weighted by atomic mass is 16.5. The van der Waals surface area contributed by atoms with Crippen molar-refractivity contribution in [1.82, 2.24) is 19.8 Å². The van der Waals surface area contributed by atoms with Gasteiger partial charge < -0.3 is 25.2 Å². The van der Waals surface area contributed by atoms with Gasteiger partial charge in [-0.2, -0.15) is 4.98 Å². The molecule has 3 aliphatic rings. The lowest BCUT2D eigenvalue weighted by Crippen LogP contribution is -2.52. The first-order valence-electron chi connectivity index (χ1n) is 14.0. The van der Waals surface area contributed by atoms with Crippen LogP contribution in [0, 0.1) is 0 Å². The third-order valence-electron chi connectivity index (χ3n) is 7.95. The Kier molecular flexibility index (Phi) is 8.61. The van der Waals surface area contributed by atoms with E-state index >= 15 is 0 Å². The first-order chi connectivity index (χ1) is 18.2. The predicted octanol–water partition coefficient (Wildman–Crippen LogP) is 4.44. The minimum Gasteiger partial charge on any atom is -0.497 e. The van der Waals surface area contributed by atoms with Crippen LogP contribution in [0.15, 0.2) is 36.5 Å². The maximum atomic E-state index is 12.8. The number of piperidine rings is 2. The molecule has 0 bridgehead atoms. The van der Waals surface area contributed by atoms with Crippen LogP contribution in [0.4, 0.5) is 22.2 Å². The predicted molar refractivity (Wildman–Crippen MR) is 148 cm³/mol. The van der Waals surface area contributed by atoms with Crippen molar-refractivity contribution in [2.75, 3.05) is 61.9 Å². The summed E-state index contributed by atoms with van der Waals surface area (Å²) in [5.74, 6) is 2.54. The fraction of sp³-hybridized carbons (Fsp3) is 0.607. The van der Waals surface area contributed by atoms with E-state index < -0.39 is 0 Å². The van der Waals surface area contributed by atoms with E-state index in [1.165, 1.54) is 32.1 Å². The quantitative estimate of drug-likeness (QED) is 0.598. The van der Waals surface area contributed by atoms with Gasteiger partial charge in [-0.1, -0.05) is 18.9 Å². The summed E-state index contributed by atoms with van der Waals surface area (Å²) in [6, 6.07) is 10.4. The summed E-state index contributed by atoms with van der Waals surface area (Å²) in [5.41, 5.74) is 0.763. The van der Waals surface area contributed by atoms with E-state index in [2.05, 4.69) is 25.4 Å². The smallest absolute Gasteiger partial charge is 0.321 e. The largest absolute Gasteiger partial charge is 0.497 e. The molecular formula is C28H41N7O2. The number of nitrogens with one attached hydrogen (secondary N) is 2. The number of rotatable bonds is 6. The number of benzene rings is 1. The monoisotopic (exact) mass is 507 g/mol. The molecule has 3 fully saturated rings. The highest BCUT2D eigenvalue weighted by Crippen LogP contribution is 2.24. The number of amides is 2. The van der Waals surface area contributed by atoms with Crippen LogP contribution in [0.3, 0.4) is 0 Å². The highest BCUT2D eigenvalue weighted by molar-refractivity contribution is 5.89. The van der Waals surface area contributed by atoms with Gasteiger partial charge in [0.05, 0.1) is 7.11 Å². The van der Waals surface area contributed by atoms with E-state index in [0.717, 1.165) is 81.7 Å². The van der Waals surface area contributed by atoms with Gasteiger partial charge >= 0.3 is 6.03 Å². The number of methoxy groups -OCH3 is 1. The van der Waals surface area contributed by atoms with Gasteiger partial charge in [0.25, 0.3) is 0 Å². The lowest BCUT2D eigenvalue weighted by Gasteiger charge is -2.42. The van der Waals surface area contributed by atoms with Crippen molar-refractivity contribution >= 4 is 23.5 Å². The molecule has 200 valence electrons. The molecular weight excluding hydrogens is 466 g/mol. The number of nitrogens with zero attached hydrogens (tertiary/aromatic N) is 5. The van der Waals surface area contributed by atoms with Crippen molar-refractivity contribution in [1.29, 1.82) is 0 Å². The van der Waals surface area contributed by atoms with Gasteiger partial charge in [0.2, 0.25) is 5.95 Å². The Hall–Kier alpha value is -3.07. The number of likely N-dealkylation sites (tertiary alicyclic amines) is 2. The molecule has 1 atom stereocenters. The van der Waals surface area contributed by atoms with Gasteiger partial charge in [-0.3, -0.25) is 4.90 Å². The normalized spacial score (nSPS) is 21.8. The standard InChI is InChI=1S/C28H41N7O2/c1-37-25-10-6-8-22(20-25)31-28(36)34-18-12-24(13-19-34)35-17-7-9-23(21-35)30-27-29-14-11-26(32-27)33-15-4-2-3-5-16-33/h6,8,10-11,14,20,23-24H,2-5,7,9,12-13,15-19,21H2,1H3,(H,31,36)(H,29,30,32). The Bertz CT molecular complexity index is 1020. The zero-order valence-electron chi connectivity index (χ0n) is 22.1. The molecule has 0 radical (unpaired) electrons. The summed E-state index contributed by atoms with van der Waals surface area (Å²) >= 11 is 0. The van der Waals surface area contributed by atoms with Gasteiger partial charge in [-0.15, -0.1) is 0 Å². The lowest BCUT2D eigenvalue weighted by atomic mass is 9.98. The second-order valence-corrected chi connectivity index (χ2v) is 10.5. The Labute approximate surface area is 220 Å². The maximum Gasteiger partial charge on any atom is 0.321 e. The number of anilines is 3. The summed E-state index contributed by atoms with van der Waals surface area (Å²) < 4.78 is 5.26. The number of ether oxygens (including phenoxy) is 1. The van der Waals surface area contributed by atoms with Crippen LogP contribution in [-0.2, 0) is 0 Å². The second-order valence-electron chi connectivity index (χ2n) is 10.5. The molecule has 1 aromatic heterocycles. The summed E-state index contributed by atoms with van der Waals surface area (Å²) in [4.78, 5) is 29.2. The second kappa shape index (κ2) is 12.4. The van der Waals surface area contributed by atoms with Crippen LogP contribution in [0.1, 0.15) is 51.4 Å². The van der Waals surface area contributed by atoms with Crippen LogP contribution in [0.2, 0.25) is 0 Å². The number of hydrogen-bond donors (Lipinski definition) is 2. The molecule has 2 amide bonds. The Morgan fingerprint density at radius 1 is 0.973 bits per heavy atom. The van der Waals surface area contributed by atoms with Crippen molar-refractivity contribution in [3.05, 3.63) is 36.5 Å². The lowest BCUT2D eigenvalue weighted by molar-refractivity contribution is 0.0997. The van der Waals surface area contributed by atoms with Crippen LogP contribution in [0.5, 0.6) is 5.75 Å². The topological polar surface area (TPSA) is 85.9 Å². The minimum atomic E-state index is -0.0358. The van der Waals surface area contributed by atoms with E-state index in [0.29, 0.717) is 12.1 Å². The number of carbonyl (C=O) groups is 1. The summed E-state index contributed by atoms with van der Waals surface area (Å²) in [6.07, 6.45) is 11.3. The molecule has 9 nitrogen and oxygen atoms in total. The average molecular weight is 508 g/mol. The molecule has 3 saturated heterocycles. The SMILES string of the molecule is COc1cccc(NC(=O)N2CCC(N3CCCC(Nc4nccc(N5CCCCCC5)n4)C3)CC2)c1. The fourth-order valence-corrected chi connectivity index (χ4v) is 5.87. The average Bonchev–Trinajstić information content (AvgIpc) is 3.23. The maximum absolute atomic E-state index is 12.8. The molecule has 5 rings (SSSR count). The molecule has 9 heteroatoms. The van der Waals surface area contributed by atoms with Crippen LogP contribution in [0.25, 0.3) is 0 Å². The van der Waals surface area contributed by atoms with E-state index in [1.807, 2.05) is 41.4 Å². The molecule has 0 saturated carbocycles. The Balaban J connectivity index is 1.11. The molecule has 1 unspecified atom stereocenters. The van der Waals surface area contributed by atoms with E-state index in [1.54, 1.807) is 7.11 Å². The molecule has 2 N–H and O–H groups in total. The van der Waals surface area contributed by atoms with E-state index in [4.69, 9.17) is 9.72 Å². The molecule has 0 aliphatic carbocycles. The third kappa shape index (κ3) is 6.83. The Morgan fingerprint density at radius 3 is 2.57 bits per heavy atom. The van der Waals surface area contributed by atoms with Gasteiger partial charge in [-0.25, -0.2) is 9.78 Å². The van der Waals surface area contributed by atoms with Gasteiger partial charge in [0.15, 0.2) is 0 Å². The van der Waals surface area contributed by atoms with Gasteiger partial charge in [0.1, 0.15) is 11.6 Å². The number of aromatic nitrogens is 2. The van der Waals surface area contributed by atoms with Crippen LogP contribution in [-0.4, -0.2) is 84.3 Å². The molecule has 1 aromatic carbocycles. The zero-order valence-corrected chi connectivity index (χ0v) is 22.1. The van der Waals surface area contributed by atoms with Crippen molar-refractivity contribution in [2.24, 2.45) is 0 Å². The van der Waals surface area contributed by atoms with Crippen LogP contribution < -0.4 is 20.3 Å². The molecule has 3 aliphatic heterocycles. The third-order valence-corrected chi connectivity index (χ3v) is 7.95. The van der Waals surface area contributed by atoms with Crippen molar-refractivity contribution in [2.45, 2.75) is 63.5 Å². The highest BCUT2D eigenvalue weighted by Gasteiger charge is 2.30. The summed E-state index contributed by atoms with van der Waals surface area (Å²) in [5, 5.41) is 6.65. The van der Waals surface area contributed by atoms with E-state index in [-0.39, 0.29) is 6.03 Å². The summed E-state index contributed by atoms with van der Waals surface area (Å²) in [6.45, 7) is 5.84. The number of carbonyl (C=O) groups excluding carboxylic acids is 1.